The average Bonchev–Trinajstić information content (AvgIpc) is 2.76. The van der Waals surface area contributed by atoms with E-state index in [0.29, 0.717) is 10.3 Å². The second-order valence-electron chi connectivity index (χ2n) is 3.71. The van der Waals surface area contributed by atoms with Crippen LogP contribution in [0.25, 0.3) is 0 Å². The molecule has 90 valence electrons. The van der Waals surface area contributed by atoms with Gasteiger partial charge < -0.3 is 5.32 Å². The molecule has 0 aliphatic heterocycles. The zero-order valence-corrected chi connectivity index (χ0v) is 11.7. The molecule has 0 radical (unpaired) electrons. The molecular weight excluding hydrogens is 277 g/mol. The summed E-state index contributed by atoms with van der Waals surface area (Å²) in [7, 11) is 0. The van der Waals surface area contributed by atoms with E-state index in [9.17, 15) is 0 Å². The largest absolute Gasteiger partial charge is 0.374 e. The normalized spacial score (nSPS) is 12.5. The second-order valence-corrected chi connectivity index (χ2v) is 5.17. The van der Waals surface area contributed by atoms with Crippen LogP contribution < -0.4 is 5.32 Å². The number of nitrogens with zero attached hydrogens (tertiary/aromatic N) is 2. The first-order valence-corrected chi connectivity index (χ1v) is 6.75. The molecule has 3 nitrogen and oxygen atoms in total. The average molecular weight is 288 g/mol. The van der Waals surface area contributed by atoms with Crippen molar-refractivity contribution in [3.8, 4) is 0 Å². The number of anilines is 1. The Bertz CT molecular complexity index is 490. The topological polar surface area (TPSA) is 37.8 Å². The standard InChI is InChI=1S/C11H11Cl2N3S/c1-6-3-9(12)16-11(13)10(6)15-7(2)8-4-17-5-14-8/h3-5,7,15H,1-2H3. The highest BCUT2D eigenvalue weighted by atomic mass is 35.5. The van der Waals surface area contributed by atoms with E-state index in [2.05, 4.69) is 15.3 Å². The molecule has 2 rings (SSSR count). The number of halogens is 2. The Labute approximate surface area is 114 Å². The predicted molar refractivity (Wildman–Crippen MR) is 73.1 cm³/mol. The number of thiazole rings is 1. The fourth-order valence-corrected chi connectivity index (χ4v) is 2.73. The first kappa shape index (κ1) is 12.6. The van der Waals surface area contributed by atoms with Crippen LogP contribution in [0, 0.1) is 6.92 Å². The van der Waals surface area contributed by atoms with Gasteiger partial charge in [-0.2, -0.15) is 0 Å². The van der Waals surface area contributed by atoms with Crippen LogP contribution in [-0.2, 0) is 0 Å². The van der Waals surface area contributed by atoms with Crippen molar-refractivity contribution in [2.45, 2.75) is 19.9 Å². The molecule has 0 saturated heterocycles. The van der Waals surface area contributed by atoms with Crippen LogP contribution in [0.15, 0.2) is 17.0 Å². The van der Waals surface area contributed by atoms with Crippen molar-refractivity contribution in [1.82, 2.24) is 9.97 Å². The molecule has 17 heavy (non-hydrogen) atoms. The van der Waals surface area contributed by atoms with Gasteiger partial charge in [-0.3, -0.25) is 0 Å². The van der Waals surface area contributed by atoms with Gasteiger partial charge in [-0.15, -0.1) is 11.3 Å². The molecule has 0 fully saturated rings. The Morgan fingerprint density at radius 2 is 2.18 bits per heavy atom. The summed E-state index contributed by atoms with van der Waals surface area (Å²) < 4.78 is 0. The summed E-state index contributed by atoms with van der Waals surface area (Å²) in [5.74, 6) is 0. The molecule has 2 heterocycles. The minimum Gasteiger partial charge on any atom is -0.374 e. The quantitative estimate of drug-likeness (QED) is 0.854. The van der Waals surface area contributed by atoms with E-state index in [1.54, 1.807) is 17.4 Å². The number of aryl methyl sites for hydroxylation is 1. The number of pyridine rings is 1. The molecule has 1 unspecified atom stereocenters. The van der Waals surface area contributed by atoms with Gasteiger partial charge in [0.15, 0.2) is 5.15 Å². The molecule has 0 spiro atoms. The fourth-order valence-electron chi connectivity index (χ4n) is 1.50. The number of hydrogen-bond acceptors (Lipinski definition) is 4. The fraction of sp³-hybridized carbons (Fsp3) is 0.273. The van der Waals surface area contributed by atoms with Crippen LogP contribution in [0.4, 0.5) is 5.69 Å². The van der Waals surface area contributed by atoms with Crippen molar-refractivity contribution in [2.24, 2.45) is 0 Å². The van der Waals surface area contributed by atoms with Gasteiger partial charge in [0.2, 0.25) is 0 Å². The summed E-state index contributed by atoms with van der Waals surface area (Å²) in [4.78, 5) is 8.28. The van der Waals surface area contributed by atoms with Gasteiger partial charge in [-0.25, -0.2) is 9.97 Å². The SMILES string of the molecule is Cc1cc(Cl)nc(Cl)c1NC(C)c1cscn1. The summed E-state index contributed by atoms with van der Waals surface area (Å²) in [6.07, 6.45) is 0. The Kier molecular flexibility index (Phi) is 3.86. The zero-order chi connectivity index (χ0) is 12.4. The van der Waals surface area contributed by atoms with Crippen molar-refractivity contribution in [2.75, 3.05) is 5.32 Å². The summed E-state index contributed by atoms with van der Waals surface area (Å²) in [6, 6.07) is 1.87. The first-order chi connectivity index (χ1) is 8.08. The van der Waals surface area contributed by atoms with Crippen LogP contribution in [0.5, 0.6) is 0 Å². The summed E-state index contributed by atoms with van der Waals surface area (Å²) in [5, 5.41) is 6.09. The first-order valence-electron chi connectivity index (χ1n) is 5.05. The van der Waals surface area contributed by atoms with E-state index < -0.39 is 0 Å². The molecule has 1 atom stereocenters. The summed E-state index contributed by atoms with van der Waals surface area (Å²) >= 11 is 13.5. The highest BCUT2D eigenvalue weighted by Crippen LogP contribution is 2.29. The lowest BCUT2D eigenvalue weighted by Crippen LogP contribution is -2.09. The van der Waals surface area contributed by atoms with Crippen LogP contribution in [0.1, 0.15) is 24.2 Å². The van der Waals surface area contributed by atoms with Gasteiger partial charge >= 0.3 is 0 Å². The molecule has 0 saturated carbocycles. The van der Waals surface area contributed by atoms with E-state index in [0.717, 1.165) is 16.9 Å². The molecule has 0 bridgehead atoms. The highest BCUT2D eigenvalue weighted by Gasteiger charge is 2.12. The van der Waals surface area contributed by atoms with Gasteiger partial charge in [0, 0.05) is 5.38 Å². The van der Waals surface area contributed by atoms with Crippen molar-refractivity contribution in [3.63, 3.8) is 0 Å². The van der Waals surface area contributed by atoms with Gasteiger partial charge in [0.05, 0.1) is 22.9 Å². The third-order valence-corrected chi connectivity index (χ3v) is 3.47. The van der Waals surface area contributed by atoms with Crippen LogP contribution in [0.2, 0.25) is 10.3 Å². The second kappa shape index (κ2) is 5.21. The Morgan fingerprint density at radius 1 is 1.41 bits per heavy atom. The molecule has 6 heteroatoms. The van der Waals surface area contributed by atoms with Crippen LogP contribution in [0.3, 0.4) is 0 Å². The van der Waals surface area contributed by atoms with Crippen molar-refractivity contribution in [1.29, 1.82) is 0 Å². The van der Waals surface area contributed by atoms with Crippen molar-refractivity contribution < 1.29 is 0 Å². The number of nitrogens with one attached hydrogen (secondary N) is 1. The predicted octanol–water partition coefficient (Wildman–Crippen LogP) is 4.33. The maximum atomic E-state index is 6.06. The minimum absolute atomic E-state index is 0.0837. The molecular formula is C11H11Cl2N3S. The van der Waals surface area contributed by atoms with E-state index in [4.69, 9.17) is 23.2 Å². The lowest BCUT2D eigenvalue weighted by Gasteiger charge is -2.16. The zero-order valence-electron chi connectivity index (χ0n) is 9.37. The van der Waals surface area contributed by atoms with Gasteiger partial charge in [-0.05, 0) is 25.5 Å². The molecule has 0 aliphatic rings. The molecule has 0 amide bonds. The Morgan fingerprint density at radius 3 is 2.76 bits per heavy atom. The molecule has 0 aromatic carbocycles. The monoisotopic (exact) mass is 287 g/mol. The molecule has 2 aromatic rings. The Balaban J connectivity index is 2.25. The van der Waals surface area contributed by atoms with Gasteiger partial charge in [0.25, 0.3) is 0 Å². The van der Waals surface area contributed by atoms with Crippen LogP contribution >= 0.6 is 34.5 Å². The van der Waals surface area contributed by atoms with E-state index in [1.165, 1.54) is 0 Å². The summed E-state index contributed by atoms with van der Waals surface area (Å²) in [5.41, 5.74) is 4.57. The third kappa shape index (κ3) is 2.89. The van der Waals surface area contributed by atoms with E-state index in [-0.39, 0.29) is 6.04 Å². The maximum absolute atomic E-state index is 6.06. The van der Waals surface area contributed by atoms with Crippen molar-refractivity contribution >= 4 is 40.2 Å². The smallest absolute Gasteiger partial charge is 0.154 e. The summed E-state index contributed by atoms with van der Waals surface area (Å²) in [6.45, 7) is 3.97. The van der Waals surface area contributed by atoms with Gasteiger partial charge in [-0.1, -0.05) is 23.2 Å². The van der Waals surface area contributed by atoms with E-state index >= 15 is 0 Å². The van der Waals surface area contributed by atoms with Crippen molar-refractivity contribution in [3.05, 3.63) is 38.5 Å². The number of rotatable bonds is 3. The number of aromatic nitrogens is 2. The molecule has 0 aliphatic carbocycles. The Hall–Kier alpha value is -0.840. The van der Waals surface area contributed by atoms with E-state index in [1.807, 2.05) is 24.7 Å². The van der Waals surface area contributed by atoms with Gasteiger partial charge in [0.1, 0.15) is 5.15 Å². The lowest BCUT2D eigenvalue weighted by molar-refractivity contribution is 0.847. The third-order valence-electron chi connectivity index (χ3n) is 2.40. The molecule has 2 aromatic heterocycles. The minimum atomic E-state index is 0.0837. The maximum Gasteiger partial charge on any atom is 0.154 e. The number of hydrogen-bond donors (Lipinski definition) is 1. The lowest BCUT2D eigenvalue weighted by atomic mass is 10.2. The highest BCUT2D eigenvalue weighted by molar-refractivity contribution is 7.07. The van der Waals surface area contributed by atoms with Crippen LogP contribution in [-0.4, -0.2) is 9.97 Å². The molecule has 1 N–H and O–H groups in total.